The molecule has 1 saturated heterocycles. The Bertz CT molecular complexity index is 1010. The normalized spacial score (nSPS) is 17.2. The highest BCUT2D eigenvalue weighted by molar-refractivity contribution is 6.01. The summed E-state index contributed by atoms with van der Waals surface area (Å²) < 4.78 is 10.9. The lowest BCUT2D eigenvalue weighted by atomic mass is 9.99. The van der Waals surface area contributed by atoms with Gasteiger partial charge in [-0.15, -0.1) is 4.91 Å². The molecule has 0 saturated carbocycles. The van der Waals surface area contributed by atoms with E-state index >= 15 is 0 Å². The predicted molar refractivity (Wildman–Crippen MR) is 104 cm³/mol. The van der Waals surface area contributed by atoms with E-state index in [1.165, 1.54) is 5.57 Å². The van der Waals surface area contributed by atoms with Crippen LogP contribution in [0.15, 0.2) is 59.3 Å². The third-order valence-electron chi connectivity index (χ3n) is 4.72. The molecule has 1 aromatic carbocycles. The SMILES string of the molecule is CC1=CC=C(c2cc(-c3ccc(C4OCCO4)cc3C(=O)N=O)n[nH]2)CC=C1. The lowest BCUT2D eigenvalue weighted by molar-refractivity contribution is -0.0441. The fraction of sp³-hybridized carbons (Fsp3) is 0.238. The second-order valence-corrected chi connectivity index (χ2v) is 6.65. The minimum absolute atomic E-state index is 0.176. The van der Waals surface area contributed by atoms with Gasteiger partial charge in [0.2, 0.25) is 0 Å². The van der Waals surface area contributed by atoms with E-state index in [4.69, 9.17) is 9.47 Å². The van der Waals surface area contributed by atoms with Crippen molar-refractivity contribution in [3.63, 3.8) is 0 Å². The zero-order valence-electron chi connectivity index (χ0n) is 15.3. The number of ether oxygens (including phenoxy) is 2. The smallest absolute Gasteiger partial charge is 0.317 e. The Hall–Kier alpha value is -3.16. The summed E-state index contributed by atoms with van der Waals surface area (Å²) in [6.07, 6.45) is 8.48. The van der Waals surface area contributed by atoms with E-state index in [9.17, 15) is 9.70 Å². The first-order chi connectivity index (χ1) is 13.7. The van der Waals surface area contributed by atoms with Crippen molar-refractivity contribution in [3.8, 4) is 11.3 Å². The summed E-state index contributed by atoms with van der Waals surface area (Å²) in [6.45, 7) is 3.02. The maximum Gasteiger partial charge on any atom is 0.317 e. The average molecular weight is 377 g/mol. The van der Waals surface area contributed by atoms with Gasteiger partial charge in [0.1, 0.15) is 0 Å². The van der Waals surface area contributed by atoms with E-state index in [2.05, 4.69) is 27.5 Å². The number of nitroso groups, excluding NO2 is 1. The molecular formula is C21H19N3O4. The van der Waals surface area contributed by atoms with Crippen molar-refractivity contribution in [1.82, 2.24) is 10.2 Å². The molecule has 1 fully saturated rings. The number of nitrogens with one attached hydrogen (secondary N) is 1. The second-order valence-electron chi connectivity index (χ2n) is 6.65. The number of H-pyrrole nitrogens is 1. The number of carbonyl (C=O) groups excluding carboxylic acids is 1. The van der Waals surface area contributed by atoms with Crippen molar-refractivity contribution in [2.45, 2.75) is 19.6 Å². The number of rotatable bonds is 4. The summed E-state index contributed by atoms with van der Waals surface area (Å²) in [5.74, 6) is -0.852. The predicted octanol–water partition coefficient (Wildman–Crippen LogP) is 4.32. The molecule has 2 aliphatic rings. The van der Waals surface area contributed by atoms with E-state index < -0.39 is 12.2 Å². The number of amides is 1. The molecule has 0 radical (unpaired) electrons. The highest BCUT2D eigenvalue weighted by Gasteiger charge is 2.23. The van der Waals surface area contributed by atoms with Crippen LogP contribution in [0.25, 0.3) is 16.8 Å². The molecule has 0 spiro atoms. The van der Waals surface area contributed by atoms with Gasteiger partial charge in [-0.1, -0.05) is 42.0 Å². The first-order valence-corrected chi connectivity index (χ1v) is 9.00. The number of aromatic amines is 1. The van der Waals surface area contributed by atoms with Crippen LogP contribution in [0.2, 0.25) is 0 Å². The summed E-state index contributed by atoms with van der Waals surface area (Å²) >= 11 is 0. The number of carbonyl (C=O) groups is 1. The summed E-state index contributed by atoms with van der Waals surface area (Å²) in [7, 11) is 0. The molecule has 4 rings (SSSR count). The van der Waals surface area contributed by atoms with Gasteiger partial charge in [-0.25, -0.2) is 0 Å². The topological polar surface area (TPSA) is 93.6 Å². The zero-order valence-corrected chi connectivity index (χ0v) is 15.3. The zero-order chi connectivity index (χ0) is 19.5. The molecule has 0 bridgehead atoms. The van der Waals surface area contributed by atoms with Crippen LogP contribution >= 0.6 is 0 Å². The van der Waals surface area contributed by atoms with Crippen LogP contribution in [0.1, 0.15) is 41.2 Å². The van der Waals surface area contributed by atoms with Crippen LogP contribution in [0, 0.1) is 4.91 Å². The molecule has 1 aliphatic heterocycles. The van der Waals surface area contributed by atoms with Crippen LogP contribution in [0.3, 0.4) is 0 Å². The third-order valence-corrected chi connectivity index (χ3v) is 4.72. The van der Waals surface area contributed by atoms with E-state index in [0.29, 0.717) is 30.0 Å². The highest BCUT2D eigenvalue weighted by atomic mass is 16.7. The molecule has 1 aromatic heterocycles. The summed E-state index contributed by atoms with van der Waals surface area (Å²) in [6, 6.07) is 7.00. The summed E-state index contributed by atoms with van der Waals surface area (Å²) in [4.78, 5) is 23.1. The fourth-order valence-corrected chi connectivity index (χ4v) is 3.26. The molecule has 0 unspecified atom stereocenters. The van der Waals surface area contributed by atoms with Crippen LogP contribution in [0.5, 0.6) is 0 Å². The molecule has 2 heterocycles. The van der Waals surface area contributed by atoms with Crippen LogP contribution < -0.4 is 0 Å². The Morgan fingerprint density at radius 2 is 2.04 bits per heavy atom. The number of benzene rings is 1. The van der Waals surface area contributed by atoms with E-state index in [1.807, 2.05) is 25.1 Å². The van der Waals surface area contributed by atoms with Crippen LogP contribution in [0.4, 0.5) is 0 Å². The molecular weight excluding hydrogens is 358 g/mol. The van der Waals surface area contributed by atoms with E-state index in [-0.39, 0.29) is 5.56 Å². The number of allylic oxidation sites excluding steroid dienone is 6. The number of hydrogen-bond donors (Lipinski definition) is 1. The average Bonchev–Trinajstić information content (AvgIpc) is 3.38. The van der Waals surface area contributed by atoms with Gasteiger partial charge in [0, 0.05) is 16.3 Å². The number of aromatic nitrogens is 2. The molecule has 142 valence electrons. The molecule has 0 atom stereocenters. The Morgan fingerprint density at radius 1 is 1.21 bits per heavy atom. The van der Waals surface area contributed by atoms with Gasteiger partial charge in [0.05, 0.1) is 30.2 Å². The van der Waals surface area contributed by atoms with Crippen molar-refractivity contribution in [2.75, 3.05) is 13.2 Å². The van der Waals surface area contributed by atoms with Crippen LogP contribution in [-0.4, -0.2) is 29.3 Å². The lowest BCUT2D eigenvalue weighted by Crippen LogP contribution is -2.03. The number of hydrogen-bond acceptors (Lipinski definition) is 5. The van der Waals surface area contributed by atoms with Crippen LogP contribution in [-0.2, 0) is 9.47 Å². The lowest BCUT2D eigenvalue weighted by Gasteiger charge is -2.11. The van der Waals surface area contributed by atoms with Gasteiger partial charge in [0.15, 0.2) is 6.29 Å². The fourth-order valence-electron chi connectivity index (χ4n) is 3.26. The molecule has 7 nitrogen and oxygen atoms in total. The van der Waals surface area contributed by atoms with Gasteiger partial charge in [-0.05, 0) is 31.1 Å². The number of nitrogens with zero attached hydrogens (tertiary/aromatic N) is 2. The van der Waals surface area contributed by atoms with Gasteiger partial charge < -0.3 is 9.47 Å². The molecule has 28 heavy (non-hydrogen) atoms. The van der Waals surface area contributed by atoms with Gasteiger partial charge in [-0.2, -0.15) is 5.10 Å². The van der Waals surface area contributed by atoms with Crippen molar-refractivity contribution >= 4 is 11.5 Å². The third kappa shape index (κ3) is 3.62. The van der Waals surface area contributed by atoms with Crippen molar-refractivity contribution in [3.05, 3.63) is 75.9 Å². The molecule has 1 N–H and O–H groups in total. The highest BCUT2D eigenvalue weighted by Crippen LogP contribution is 2.31. The summed E-state index contributed by atoms with van der Waals surface area (Å²) in [5, 5.41) is 9.96. The van der Waals surface area contributed by atoms with Gasteiger partial charge in [-0.3, -0.25) is 9.89 Å². The Morgan fingerprint density at radius 3 is 2.82 bits per heavy atom. The molecule has 1 aliphatic carbocycles. The van der Waals surface area contributed by atoms with Gasteiger partial charge in [0.25, 0.3) is 0 Å². The Balaban J connectivity index is 1.71. The van der Waals surface area contributed by atoms with E-state index in [0.717, 1.165) is 17.7 Å². The second kappa shape index (κ2) is 7.84. The van der Waals surface area contributed by atoms with Crippen molar-refractivity contribution < 1.29 is 14.3 Å². The summed E-state index contributed by atoms with van der Waals surface area (Å²) in [5.41, 5.74) is 5.05. The Kier molecular flexibility index (Phi) is 5.10. The standard InChI is InChI=1S/C21H19N3O4/c1-13-3-2-4-14(6-5-13)18-12-19(23-22-18)16-8-7-15(21-27-9-10-28-21)11-17(16)20(25)24-26/h2-3,5-8,11-12,21H,4,9-10H2,1H3,(H,22,23). The molecule has 1 amide bonds. The minimum atomic E-state index is -0.852. The van der Waals surface area contributed by atoms with Crippen molar-refractivity contribution in [2.24, 2.45) is 5.18 Å². The maximum atomic E-state index is 12.1. The van der Waals surface area contributed by atoms with Crippen molar-refractivity contribution in [1.29, 1.82) is 0 Å². The Labute approximate surface area is 161 Å². The maximum absolute atomic E-state index is 12.1. The largest absolute Gasteiger partial charge is 0.346 e. The van der Waals surface area contributed by atoms with Gasteiger partial charge >= 0.3 is 5.91 Å². The van der Waals surface area contributed by atoms with E-state index in [1.54, 1.807) is 18.2 Å². The monoisotopic (exact) mass is 377 g/mol. The first-order valence-electron chi connectivity index (χ1n) is 9.00. The minimum Gasteiger partial charge on any atom is -0.346 e. The molecule has 7 heteroatoms. The molecule has 2 aromatic rings. The first kappa shape index (κ1) is 18.2. The quantitative estimate of drug-likeness (QED) is 0.801.